The Kier molecular flexibility index (Phi) is 5.24. The summed E-state index contributed by atoms with van der Waals surface area (Å²) >= 11 is 6.14. The number of aromatic nitrogens is 2. The lowest BCUT2D eigenvalue weighted by Gasteiger charge is -2.03. The summed E-state index contributed by atoms with van der Waals surface area (Å²) in [6.07, 6.45) is 6.42. The van der Waals surface area contributed by atoms with E-state index in [1.54, 1.807) is 29.2 Å². The van der Waals surface area contributed by atoms with Crippen LogP contribution in [0.5, 0.6) is 0 Å². The summed E-state index contributed by atoms with van der Waals surface area (Å²) < 4.78 is 1.72. The fourth-order valence-electron chi connectivity index (χ4n) is 2.39. The van der Waals surface area contributed by atoms with E-state index < -0.39 is 4.92 Å². The van der Waals surface area contributed by atoms with Gasteiger partial charge in [-0.1, -0.05) is 41.9 Å². The highest BCUT2D eigenvalue weighted by atomic mass is 35.5. The van der Waals surface area contributed by atoms with Gasteiger partial charge in [0.15, 0.2) is 5.78 Å². The molecule has 0 radical (unpaired) electrons. The third-order valence-electron chi connectivity index (χ3n) is 3.71. The van der Waals surface area contributed by atoms with E-state index in [0.29, 0.717) is 11.6 Å². The first kappa shape index (κ1) is 17.6. The van der Waals surface area contributed by atoms with Gasteiger partial charge in [0.25, 0.3) is 5.69 Å². The molecule has 0 aliphatic carbocycles. The summed E-state index contributed by atoms with van der Waals surface area (Å²) in [7, 11) is 0. The minimum Gasteiger partial charge on any atom is -0.289 e. The molecule has 1 aromatic heterocycles. The Hall–Kier alpha value is -3.25. The molecule has 0 aliphatic heterocycles. The first-order valence-corrected chi connectivity index (χ1v) is 8.13. The summed E-state index contributed by atoms with van der Waals surface area (Å²) in [6, 6.07) is 13.1. The van der Waals surface area contributed by atoms with Crippen LogP contribution in [0, 0.1) is 10.1 Å². The highest BCUT2D eigenvalue weighted by molar-refractivity contribution is 6.31. The summed E-state index contributed by atoms with van der Waals surface area (Å²) in [6.45, 7) is 0.520. The number of carbonyl (C=O) groups excluding carboxylic acids is 1. The number of allylic oxidation sites excluding steroid dienone is 1. The number of nitrogens with zero attached hydrogens (tertiary/aromatic N) is 3. The predicted molar refractivity (Wildman–Crippen MR) is 99.2 cm³/mol. The lowest BCUT2D eigenvalue weighted by atomic mass is 10.1. The highest BCUT2D eigenvalue weighted by Crippen LogP contribution is 2.17. The molecule has 130 valence electrons. The molecule has 3 rings (SSSR count). The van der Waals surface area contributed by atoms with Crippen LogP contribution in [0.1, 0.15) is 21.5 Å². The zero-order valence-electron chi connectivity index (χ0n) is 13.6. The van der Waals surface area contributed by atoms with Crippen molar-refractivity contribution in [2.75, 3.05) is 0 Å². The quantitative estimate of drug-likeness (QED) is 0.280. The van der Waals surface area contributed by atoms with Gasteiger partial charge in [0, 0.05) is 34.5 Å². The van der Waals surface area contributed by atoms with Crippen molar-refractivity contribution in [3.8, 4) is 0 Å². The summed E-state index contributed by atoms with van der Waals surface area (Å²) in [5.41, 5.74) is 1.84. The van der Waals surface area contributed by atoms with Gasteiger partial charge in [0.1, 0.15) is 0 Å². The smallest absolute Gasteiger partial charge is 0.270 e. The first-order chi connectivity index (χ1) is 12.5. The number of ketones is 1. The van der Waals surface area contributed by atoms with Crippen molar-refractivity contribution in [2.24, 2.45) is 0 Å². The van der Waals surface area contributed by atoms with E-state index in [-0.39, 0.29) is 17.0 Å². The molecule has 0 spiro atoms. The van der Waals surface area contributed by atoms with Gasteiger partial charge in [-0.05, 0) is 23.8 Å². The van der Waals surface area contributed by atoms with Crippen molar-refractivity contribution in [3.05, 3.63) is 98.8 Å². The maximum atomic E-state index is 12.2. The van der Waals surface area contributed by atoms with Crippen LogP contribution in [0.15, 0.2) is 67.0 Å². The molecule has 3 aromatic rings. The molecule has 0 atom stereocenters. The van der Waals surface area contributed by atoms with Gasteiger partial charge < -0.3 is 0 Å². The topological polar surface area (TPSA) is 78.0 Å². The minimum atomic E-state index is -0.529. The second kappa shape index (κ2) is 7.76. The lowest BCUT2D eigenvalue weighted by Crippen LogP contribution is -2.00. The van der Waals surface area contributed by atoms with Gasteiger partial charge in [-0.15, -0.1) is 0 Å². The van der Waals surface area contributed by atoms with E-state index >= 15 is 0 Å². The molecule has 2 aromatic carbocycles. The van der Waals surface area contributed by atoms with E-state index in [1.807, 2.05) is 24.3 Å². The Balaban J connectivity index is 1.70. The van der Waals surface area contributed by atoms with Crippen LogP contribution in [0.2, 0.25) is 5.02 Å². The zero-order valence-corrected chi connectivity index (χ0v) is 14.3. The summed E-state index contributed by atoms with van der Waals surface area (Å²) in [5, 5.41) is 15.7. The number of nitro groups is 1. The second-order valence-electron chi connectivity index (χ2n) is 5.57. The number of halogens is 1. The van der Waals surface area contributed by atoms with Crippen molar-refractivity contribution in [1.82, 2.24) is 9.78 Å². The standard InChI is InChI=1S/C19H14ClN3O3/c20-18-7-2-1-4-16(18)13-22-12-14(11-21-22)8-9-19(24)15-5-3-6-17(10-15)23(25)26/h1-12H,13H2/b9-8+. The van der Waals surface area contributed by atoms with Crippen molar-refractivity contribution >= 4 is 29.1 Å². The van der Waals surface area contributed by atoms with Crippen molar-refractivity contribution in [2.45, 2.75) is 6.54 Å². The van der Waals surface area contributed by atoms with Gasteiger partial charge in [0.2, 0.25) is 0 Å². The number of hydrogen-bond acceptors (Lipinski definition) is 4. The average Bonchev–Trinajstić information content (AvgIpc) is 3.09. The van der Waals surface area contributed by atoms with Crippen LogP contribution in [0.25, 0.3) is 6.08 Å². The molecule has 0 unspecified atom stereocenters. The van der Waals surface area contributed by atoms with Crippen LogP contribution in [0.3, 0.4) is 0 Å². The van der Waals surface area contributed by atoms with Gasteiger partial charge in [-0.25, -0.2) is 0 Å². The van der Waals surface area contributed by atoms with Crippen molar-refractivity contribution < 1.29 is 9.72 Å². The van der Waals surface area contributed by atoms with Crippen molar-refractivity contribution in [3.63, 3.8) is 0 Å². The monoisotopic (exact) mass is 367 g/mol. The van der Waals surface area contributed by atoms with E-state index in [9.17, 15) is 14.9 Å². The molecule has 26 heavy (non-hydrogen) atoms. The fraction of sp³-hybridized carbons (Fsp3) is 0.0526. The number of carbonyl (C=O) groups is 1. The third-order valence-corrected chi connectivity index (χ3v) is 4.08. The Labute approximate surface area is 154 Å². The largest absolute Gasteiger partial charge is 0.289 e. The van der Waals surface area contributed by atoms with E-state index in [0.717, 1.165) is 11.1 Å². The van der Waals surface area contributed by atoms with Gasteiger partial charge in [-0.2, -0.15) is 5.10 Å². The number of rotatable bonds is 6. The van der Waals surface area contributed by atoms with E-state index in [4.69, 9.17) is 11.6 Å². The van der Waals surface area contributed by atoms with Gasteiger partial charge in [-0.3, -0.25) is 19.6 Å². The molecule has 0 amide bonds. The molecular weight excluding hydrogens is 354 g/mol. The van der Waals surface area contributed by atoms with Crippen LogP contribution < -0.4 is 0 Å². The maximum absolute atomic E-state index is 12.2. The Bertz CT molecular complexity index is 995. The normalized spacial score (nSPS) is 11.0. The number of nitro benzene ring substituents is 1. The molecular formula is C19H14ClN3O3. The molecule has 0 fully saturated rings. The minimum absolute atomic E-state index is 0.114. The molecule has 0 N–H and O–H groups in total. The highest BCUT2D eigenvalue weighted by Gasteiger charge is 2.09. The molecule has 0 bridgehead atoms. The lowest BCUT2D eigenvalue weighted by molar-refractivity contribution is -0.384. The van der Waals surface area contributed by atoms with Crippen molar-refractivity contribution in [1.29, 1.82) is 0 Å². The Morgan fingerprint density at radius 2 is 2.04 bits per heavy atom. The SMILES string of the molecule is O=C(/C=C/c1cnn(Cc2ccccc2Cl)c1)c1cccc([N+](=O)[O-])c1. The van der Waals surface area contributed by atoms with Crippen LogP contribution in [-0.2, 0) is 6.54 Å². The molecule has 7 heteroatoms. The number of non-ortho nitro benzene ring substituents is 1. The molecule has 1 heterocycles. The Morgan fingerprint density at radius 1 is 1.23 bits per heavy atom. The third kappa shape index (κ3) is 4.23. The Morgan fingerprint density at radius 3 is 2.81 bits per heavy atom. The predicted octanol–water partition coefficient (Wildman–Crippen LogP) is 4.39. The maximum Gasteiger partial charge on any atom is 0.270 e. The van der Waals surface area contributed by atoms with E-state index in [1.165, 1.54) is 24.3 Å². The average molecular weight is 368 g/mol. The second-order valence-corrected chi connectivity index (χ2v) is 5.97. The molecule has 0 saturated carbocycles. The number of hydrogen-bond donors (Lipinski definition) is 0. The van der Waals surface area contributed by atoms with Gasteiger partial charge >= 0.3 is 0 Å². The first-order valence-electron chi connectivity index (χ1n) is 7.75. The molecule has 0 aliphatic rings. The summed E-state index contributed by atoms with van der Waals surface area (Å²) in [5.74, 6) is -0.312. The van der Waals surface area contributed by atoms with E-state index in [2.05, 4.69) is 5.10 Å². The summed E-state index contributed by atoms with van der Waals surface area (Å²) in [4.78, 5) is 22.4. The van der Waals surface area contributed by atoms with Gasteiger partial charge in [0.05, 0.1) is 17.7 Å². The van der Waals surface area contributed by atoms with Crippen LogP contribution in [0.4, 0.5) is 5.69 Å². The van der Waals surface area contributed by atoms with Crippen LogP contribution in [-0.4, -0.2) is 20.5 Å². The molecule has 0 saturated heterocycles. The fourth-order valence-corrected chi connectivity index (χ4v) is 2.59. The zero-order chi connectivity index (χ0) is 18.5. The molecule has 6 nitrogen and oxygen atoms in total. The van der Waals surface area contributed by atoms with Crippen LogP contribution >= 0.6 is 11.6 Å². The number of benzene rings is 2.